The number of ether oxygens (including phenoxy) is 1. The number of hydrogen-bond acceptors (Lipinski definition) is 2. The van der Waals surface area contributed by atoms with Crippen LogP contribution in [0.5, 0.6) is 0 Å². The molecule has 0 aliphatic rings. The van der Waals surface area contributed by atoms with Crippen LogP contribution in [0.15, 0.2) is 0 Å². The molecule has 0 aromatic heterocycles. The summed E-state index contributed by atoms with van der Waals surface area (Å²) in [7, 11) is 0. The van der Waals surface area contributed by atoms with E-state index in [0.29, 0.717) is 6.92 Å². The zero-order valence-electron chi connectivity index (χ0n) is 6.40. The van der Waals surface area contributed by atoms with Crippen LogP contribution in [0.25, 0.3) is 0 Å². The summed E-state index contributed by atoms with van der Waals surface area (Å²) in [5.41, 5.74) is -2.73. The summed E-state index contributed by atoms with van der Waals surface area (Å²) >= 11 is 0. The second kappa shape index (κ2) is 3.40. The topological polar surface area (TPSA) is 29.5 Å². The molecule has 1 N–H and O–H groups in total. The highest BCUT2D eigenvalue weighted by Crippen LogP contribution is 2.29. The highest BCUT2D eigenvalue weighted by Gasteiger charge is 2.49. The van der Waals surface area contributed by atoms with Gasteiger partial charge in [0, 0.05) is 6.61 Å². The van der Waals surface area contributed by atoms with E-state index >= 15 is 0 Å². The van der Waals surface area contributed by atoms with Gasteiger partial charge in [0.15, 0.2) is 5.60 Å². The summed E-state index contributed by atoms with van der Waals surface area (Å²) in [6, 6.07) is 0. The molecule has 0 heterocycles. The lowest BCUT2D eigenvalue weighted by Gasteiger charge is -2.25. The molecule has 0 bridgehead atoms. The molecule has 0 aromatic carbocycles. The molecule has 0 saturated carbocycles. The van der Waals surface area contributed by atoms with Crippen molar-refractivity contribution in [3.63, 3.8) is 0 Å². The van der Waals surface area contributed by atoms with Crippen molar-refractivity contribution in [3.8, 4) is 0 Å². The third-order valence-electron chi connectivity index (χ3n) is 1.20. The van der Waals surface area contributed by atoms with Crippen molar-refractivity contribution in [1.82, 2.24) is 0 Å². The highest BCUT2D eigenvalue weighted by molar-refractivity contribution is 4.80. The standard InChI is InChI=1S/C6H11F3O2/c1-3-11-4-5(2,10)6(7,8)9/h10H,3-4H2,1-2H3. The van der Waals surface area contributed by atoms with Crippen molar-refractivity contribution in [2.24, 2.45) is 0 Å². The molecule has 5 heteroatoms. The Hall–Kier alpha value is -0.290. The van der Waals surface area contributed by atoms with Crippen molar-refractivity contribution < 1.29 is 23.0 Å². The molecule has 2 nitrogen and oxygen atoms in total. The van der Waals surface area contributed by atoms with Crippen molar-refractivity contribution in [3.05, 3.63) is 0 Å². The molecule has 68 valence electrons. The molecular formula is C6H11F3O2. The van der Waals surface area contributed by atoms with Crippen molar-refractivity contribution >= 4 is 0 Å². The quantitative estimate of drug-likeness (QED) is 0.696. The van der Waals surface area contributed by atoms with Gasteiger partial charge in [0.25, 0.3) is 0 Å². The Balaban J connectivity index is 4.00. The van der Waals surface area contributed by atoms with Crippen molar-refractivity contribution in [2.45, 2.75) is 25.6 Å². The smallest absolute Gasteiger partial charge is 0.379 e. The lowest BCUT2D eigenvalue weighted by atomic mass is 10.1. The number of alkyl halides is 3. The fraction of sp³-hybridized carbons (Fsp3) is 1.00. The van der Waals surface area contributed by atoms with Gasteiger partial charge in [-0.2, -0.15) is 13.2 Å². The predicted molar refractivity (Wildman–Crippen MR) is 33.2 cm³/mol. The molecule has 0 radical (unpaired) electrons. The average molecular weight is 172 g/mol. The van der Waals surface area contributed by atoms with Gasteiger partial charge in [0.05, 0.1) is 6.61 Å². The summed E-state index contributed by atoms with van der Waals surface area (Å²) in [6.07, 6.45) is -4.62. The SMILES string of the molecule is CCOCC(C)(O)C(F)(F)F. The van der Waals surface area contributed by atoms with Crippen LogP contribution >= 0.6 is 0 Å². The maximum atomic E-state index is 11.8. The summed E-state index contributed by atoms with van der Waals surface area (Å²) in [6.45, 7) is 1.69. The molecule has 0 rings (SSSR count). The first kappa shape index (κ1) is 10.7. The lowest BCUT2D eigenvalue weighted by Crippen LogP contribution is -2.46. The molecule has 1 unspecified atom stereocenters. The van der Waals surface area contributed by atoms with Gasteiger partial charge in [-0.05, 0) is 13.8 Å². The molecule has 0 aromatic rings. The molecule has 1 atom stereocenters. The summed E-state index contributed by atoms with van der Waals surface area (Å²) in [5.74, 6) is 0. The van der Waals surface area contributed by atoms with E-state index in [1.807, 2.05) is 0 Å². The minimum absolute atomic E-state index is 0.159. The minimum atomic E-state index is -4.62. The van der Waals surface area contributed by atoms with Crippen LogP contribution in [0.4, 0.5) is 13.2 Å². The van der Waals surface area contributed by atoms with Crippen LogP contribution in [0, 0.1) is 0 Å². The molecule has 0 aliphatic heterocycles. The van der Waals surface area contributed by atoms with Gasteiger partial charge in [0.2, 0.25) is 0 Å². The zero-order chi connectivity index (χ0) is 9.12. The Labute approximate surface area is 63.0 Å². The van der Waals surface area contributed by atoms with Crippen molar-refractivity contribution in [2.75, 3.05) is 13.2 Å². The van der Waals surface area contributed by atoms with Crippen LogP contribution in [0.1, 0.15) is 13.8 Å². The van der Waals surface area contributed by atoms with Crippen LogP contribution in [-0.2, 0) is 4.74 Å². The third-order valence-corrected chi connectivity index (χ3v) is 1.20. The van der Waals surface area contributed by atoms with Gasteiger partial charge in [-0.25, -0.2) is 0 Å². The van der Waals surface area contributed by atoms with Crippen LogP contribution in [0.2, 0.25) is 0 Å². The average Bonchev–Trinajstić information content (AvgIpc) is 1.81. The van der Waals surface area contributed by atoms with Gasteiger partial charge in [-0.3, -0.25) is 0 Å². The highest BCUT2D eigenvalue weighted by atomic mass is 19.4. The first-order valence-electron chi connectivity index (χ1n) is 3.18. The van der Waals surface area contributed by atoms with Crippen molar-refractivity contribution in [1.29, 1.82) is 0 Å². The largest absolute Gasteiger partial charge is 0.419 e. The fourth-order valence-electron chi connectivity index (χ4n) is 0.383. The van der Waals surface area contributed by atoms with E-state index in [0.717, 1.165) is 0 Å². The van der Waals surface area contributed by atoms with Crippen LogP contribution in [0.3, 0.4) is 0 Å². The Morgan fingerprint density at radius 1 is 1.36 bits per heavy atom. The molecule has 0 aliphatic carbocycles. The van der Waals surface area contributed by atoms with Crippen LogP contribution in [-0.4, -0.2) is 30.1 Å². The van der Waals surface area contributed by atoms with Gasteiger partial charge in [0.1, 0.15) is 0 Å². The van der Waals surface area contributed by atoms with E-state index < -0.39 is 18.4 Å². The van der Waals surface area contributed by atoms with Gasteiger partial charge >= 0.3 is 6.18 Å². The zero-order valence-corrected chi connectivity index (χ0v) is 6.40. The second-order valence-electron chi connectivity index (χ2n) is 2.41. The van der Waals surface area contributed by atoms with Gasteiger partial charge < -0.3 is 9.84 Å². The predicted octanol–water partition coefficient (Wildman–Crippen LogP) is 1.34. The first-order valence-corrected chi connectivity index (χ1v) is 3.18. The van der Waals surface area contributed by atoms with E-state index in [1.54, 1.807) is 6.92 Å². The van der Waals surface area contributed by atoms with Crippen LogP contribution < -0.4 is 0 Å². The second-order valence-corrected chi connectivity index (χ2v) is 2.41. The number of aliphatic hydroxyl groups is 1. The Kier molecular flexibility index (Phi) is 3.31. The molecule has 0 amide bonds. The van der Waals surface area contributed by atoms with E-state index in [1.165, 1.54) is 0 Å². The summed E-state index contributed by atoms with van der Waals surface area (Å²) < 4.78 is 39.9. The minimum Gasteiger partial charge on any atom is -0.379 e. The fourth-order valence-corrected chi connectivity index (χ4v) is 0.383. The maximum absolute atomic E-state index is 11.8. The van der Waals surface area contributed by atoms with E-state index in [2.05, 4.69) is 4.74 Å². The molecular weight excluding hydrogens is 161 g/mol. The van der Waals surface area contributed by atoms with E-state index in [-0.39, 0.29) is 6.61 Å². The lowest BCUT2D eigenvalue weighted by molar-refractivity contribution is -0.267. The molecule has 0 fully saturated rings. The molecule has 0 saturated heterocycles. The Morgan fingerprint density at radius 3 is 2.09 bits per heavy atom. The summed E-state index contributed by atoms with van der Waals surface area (Å²) in [4.78, 5) is 0. The summed E-state index contributed by atoms with van der Waals surface area (Å²) in [5, 5.41) is 8.73. The molecule has 11 heavy (non-hydrogen) atoms. The number of rotatable bonds is 3. The normalized spacial score (nSPS) is 18.0. The Morgan fingerprint density at radius 2 is 1.82 bits per heavy atom. The monoisotopic (exact) mass is 172 g/mol. The Bertz CT molecular complexity index is 119. The van der Waals surface area contributed by atoms with Gasteiger partial charge in [-0.15, -0.1) is 0 Å². The first-order chi connectivity index (χ1) is 4.81. The number of hydrogen-bond donors (Lipinski definition) is 1. The van der Waals surface area contributed by atoms with Gasteiger partial charge in [-0.1, -0.05) is 0 Å². The number of halogens is 3. The van der Waals surface area contributed by atoms with E-state index in [9.17, 15) is 13.2 Å². The van der Waals surface area contributed by atoms with E-state index in [4.69, 9.17) is 5.11 Å². The maximum Gasteiger partial charge on any atom is 0.419 e. The molecule has 0 spiro atoms. The third kappa shape index (κ3) is 3.07.